The van der Waals surface area contributed by atoms with Crippen molar-refractivity contribution in [3.05, 3.63) is 11.1 Å². The molecule has 0 spiro atoms. The third-order valence-corrected chi connectivity index (χ3v) is 4.89. The van der Waals surface area contributed by atoms with E-state index in [2.05, 4.69) is 27.1 Å². The van der Waals surface area contributed by atoms with Crippen molar-refractivity contribution in [3.8, 4) is 0 Å². The van der Waals surface area contributed by atoms with Crippen molar-refractivity contribution in [2.45, 2.75) is 19.5 Å². The summed E-state index contributed by atoms with van der Waals surface area (Å²) in [6.07, 6.45) is 0. The minimum absolute atomic E-state index is 0.0781. The minimum Gasteiger partial charge on any atom is -0.354 e. The number of likely N-dealkylation sites (N-methyl/N-ethyl adjacent to an activating group) is 1. The summed E-state index contributed by atoms with van der Waals surface area (Å²) in [5.41, 5.74) is 0.919. The monoisotopic (exact) mass is 311 g/mol. The summed E-state index contributed by atoms with van der Waals surface area (Å²) in [6, 6.07) is -0.0781. The number of rotatable bonds is 5. The van der Waals surface area contributed by atoms with Gasteiger partial charge in [0.05, 0.1) is 18.3 Å². The van der Waals surface area contributed by atoms with Crippen molar-refractivity contribution in [3.63, 3.8) is 0 Å². The third kappa shape index (κ3) is 4.39. The molecular weight excluding hydrogens is 286 g/mol. The van der Waals surface area contributed by atoms with Crippen LogP contribution in [0.2, 0.25) is 0 Å². The molecule has 21 heavy (non-hydrogen) atoms. The number of anilines is 1. The van der Waals surface area contributed by atoms with Crippen LogP contribution in [-0.2, 0) is 11.3 Å². The number of hydrogen-bond donors (Lipinski definition) is 1. The van der Waals surface area contributed by atoms with Gasteiger partial charge in [-0.15, -0.1) is 11.3 Å². The maximum Gasteiger partial charge on any atom is 0.237 e. The lowest BCUT2D eigenvalue weighted by Gasteiger charge is -2.35. The molecule has 1 aliphatic heterocycles. The van der Waals surface area contributed by atoms with Crippen LogP contribution in [-0.4, -0.2) is 74.1 Å². The second kappa shape index (κ2) is 7.20. The second-order valence-corrected chi connectivity index (χ2v) is 6.59. The van der Waals surface area contributed by atoms with Crippen LogP contribution in [0.3, 0.4) is 0 Å². The quantitative estimate of drug-likeness (QED) is 0.856. The SMILES string of the molecule is CC(C(=O)NCc1csc(N(C)C)n1)N1CCN(C)CC1. The first kappa shape index (κ1) is 16.2. The Hall–Kier alpha value is -1.18. The van der Waals surface area contributed by atoms with Crippen molar-refractivity contribution < 1.29 is 4.79 Å². The van der Waals surface area contributed by atoms with E-state index in [1.165, 1.54) is 0 Å². The molecule has 1 aromatic rings. The molecule has 0 aliphatic carbocycles. The Bertz CT molecular complexity index is 468. The Balaban J connectivity index is 1.80. The van der Waals surface area contributed by atoms with E-state index in [-0.39, 0.29) is 11.9 Å². The van der Waals surface area contributed by atoms with Crippen molar-refractivity contribution in [1.82, 2.24) is 20.1 Å². The predicted octanol–water partition coefficient (Wildman–Crippen LogP) is 0.461. The molecule has 2 heterocycles. The predicted molar refractivity (Wildman–Crippen MR) is 86.8 cm³/mol. The zero-order valence-corrected chi connectivity index (χ0v) is 14.1. The number of carbonyl (C=O) groups excluding carboxylic acids is 1. The molecule has 1 aliphatic rings. The van der Waals surface area contributed by atoms with Crippen LogP contribution in [0.1, 0.15) is 12.6 Å². The topological polar surface area (TPSA) is 51.7 Å². The Morgan fingerprint density at radius 3 is 2.67 bits per heavy atom. The lowest BCUT2D eigenvalue weighted by molar-refractivity contribution is -0.126. The van der Waals surface area contributed by atoms with Crippen LogP contribution in [0.25, 0.3) is 0 Å². The molecule has 118 valence electrons. The number of amides is 1. The molecule has 7 heteroatoms. The Kier molecular flexibility index (Phi) is 5.55. The van der Waals surface area contributed by atoms with E-state index in [0.29, 0.717) is 6.54 Å². The van der Waals surface area contributed by atoms with Gasteiger partial charge in [-0.1, -0.05) is 0 Å². The molecule has 1 aromatic heterocycles. The molecule has 0 saturated carbocycles. The summed E-state index contributed by atoms with van der Waals surface area (Å²) in [7, 11) is 6.06. The fourth-order valence-electron chi connectivity index (χ4n) is 2.28. The largest absolute Gasteiger partial charge is 0.354 e. The number of aromatic nitrogens is 1. The average molecular weight is 311 g/mol. The summed E-state index contributed by atoms with van der Waals surface area (Å²) in [6.45, 7) is 6.43. The molecule has 0 aromatic carbocycles. The van der Waals surface area contributed by atoms with E-state index >= 15 is 0 Å². The van der Waals surface area contributed by atoms with Crippen molar-refractivity contribution in [2.75, 3.05) is 52.2 Å². The first-order valence-electron chi connectivity index (χ1n) is 7.29. The molecule has 1 atom stereocenters. The molecular formula is C14H25N5OS. The number of hydrogen-bond acceptors (Lipinski definition) is 6. The molecule has 1 N–H and O–H groups in total. The Morgan fingerprint density at radius 1 is 1.43 bits per heavy atom. The van der Waals surface area contributed by atoms with Crippen LogP contribution in [0, 0.1) is 0 Å². The van der Waals surface area contributed by atoms with Gasteiger partial charge in [0.1, 0.15) is 0 Å². The van der Waals surface area contributed by atoms with Gasteiger partial charge >= 0.3 is 0 Å². The molecule has 0 radical (unpaired) electrons. The Morgan fingerprint density at radius 2 is 2.10 bits per heavy atom. The van der Waals surface area contributed by atoms with E-state index in [9.17, 15) is 4.79 Å². The zero-order chi connectivity index (χ0) is 15.4. The molecule has 1 fully saturated rings. The molecule has 0 bridgehead atoms. The first-order chi connectivity index (χ1) is 9.97. The maximum absolute atomic E-state index is 12.2. The highest BCUT2D eigenvalue weighted by Gasteiger charge is 2.24. The molecule has 6 nitrogen and oxygen atoms in total. The van der Waals surface area contributed by atoms with Crippen LogP contribution in [0.5, 0.6) is 0 Å². The van der Waals surface area contributed by atoms with E-state index in [0.717, 1.165) is 37.0 Å². The van der Waals surface area contributed by atoms with Gasteiger partial charge in [-0.25, -0.2) is 4.98 Å². The smallest absolute Gasteiger partial charge is 0.237 e. The van der Waals surface area contributed by atoms with E-state index < -0.39 is 0 Å². The lowest BCUT2D eigenvalue weighted by Crippen LogP contribution is -2.52. The van der Waals surface area contributed by atoms with Crippen molar-refractivity contribution in [1.29, 1.82) is 0 Å². The van der Waals surface area contributed by atoms with Crippen LogP contribution in [0.15, 0.2) is 5.38 Å². The van der Waals surface area contributed by atoms with Gasteiger partial charge in [0, 0.05) is 45.7 Å². The second-order valence-electron chi connectivity index (χ2n) is 5.75. The van der Waals surface area contributed by atoms with Gasteiger partial charge < -0.3 is 15.1 Å². The van der Waals surface area contributed by atoms with Crippen molar-refractivity contribution in [2.24, 2.45) is 0 Å². The van der Waals surface area contributed by atoms with Gasteiger partial charge in [0.2, 0.25) is 5.91 Å². The summed E-state index contributed by atoms with van der Waals surface area (Å²) < 4.78 is 0. The third-order valence-electron chi connectivity index (χ3n) is 3.83. The summed E-state index contributed by atoms with van der Waals surface area (Å²) in [5.74, 6) is 0.0824. The lowest BCUT2D eigenvalue weighted by atomic mass is 10.2. The fraction of sp³-hybridized carbons (Fsp3) is 0.714. The molecule has 1 amide bonds. The molecule has 1 unspecified atom stereocenters. The summed E-state index contributed by atoms with van der Waals surface area (Å²) in [5, 5.41) is 5.95. The number of carbonyl (C=O) groups is 1. The van der Waals surface area contributed by atoms with Crippen LogP contribution < -0.4 is 10.2 Å². The van der Waals surface area contributed by atoms with Crippen LogP contribution in [0.4, 0.5) is 5.13 Å². The van der Waals surface area contributed by atoms with Crippen LogP contribution >= 0.6 is 11.3 Å². The Labute approximate surface area is 130 Å². The average Bonchev–Trinajstić information content (AvgIpc) is 2.94. The summed E-state index contributed by atoms with van der Waals surface area (Å²) in [4.78, 5) is 23.2. The molecule has 2 rings (SSSR count). The summed E-state index contributed by atoms with van der Waals surface area (Å²) >= 11 is 1.59. The highest BCUT2D eigenvalue weighted by Crippen LogP contribution is 2.17. The first-order valence-corrected chi connectivity index (χ1v) is 8.17. The van der Waals surface area contributed by atoms with E-state index in [1.807, 2.05) is 31.3 Å². The van der Waals surface area contributed by atoms with Gasteiger partial charge in [0.25, 0.3) is 0 Å². The van der Waals surface area contributed by atoms with Gasteiger partial charge in [-0.2, -0.15) is 0 Å². The normalized spacial score (nSPS) is 18.5. The fourth-order valence-corrected chi connectivity index (χ4v) is 3.04. The van der Waals surface area contributed by atoms with E-state index in [1.54, 1.807) is 11.3 Å². The number of nitrogens with one attached hydrogen (secondary N) is 1. The number of thiazole rings is 1. The zero-order valence-electron chi connectivity index (χ0n) is 13.3. The number of piperazine rings is 1. The molecule has 1 saturated heterocycles. The number of nitrogens with zero attached hydrogens (tertiary/aromatic N) is 4. The highest BCUT2D eigenvalue weighted by atomic mass is 32.1. The van der Waals surface area contributed by atoms with Gasteiger partial charge in [0.15, 0.2) is 5.13 Å². The van der Waals surface area contributed by atoms with E-state index in [4.69, 9.17) is 0 Å². The van der Waals surface area contributed by atoms with Crippen molar-refractivity contribution >= 4 is 22.4 Å². The van der Waals surface area contributed by atoms with Gasteiger partial charge in [-0.05, 0) is 14.0 Å². The standard InChI is InChI=1S/C14H25N5OS/c1-11(19-7-5-18(4)6-8-19)13(20)15-9-12-10-21-14(16-12)17(2)3/h10-11H,5-9H2,1-4H3,(H,15,20). The highest BCUT2D eigenvalue weighted by molar-refractivity contribution is 7.13. The van der Waals surface area contributed by atoms with Gasteiger partial charge in [-0.3, -0.25) is 9.69 Å². The minimum atomic E-state index is -0.0781. The maximum atomic E-state index is 12.2.